The zero-order chi connectivity index (χ0) is 18.8. The van der Waals surface area contributed by atoms with E-state index in [0.29, 0.717) is 18.9 Å². The van der Waals surface area contributed by atoms with E-state index in [4.69, 9.17) is 5.73 Å². The van der Waals surface area contributed by atoms with Gasteiger partial charge in [-0.2, -0.15) is 0 Å². The number of thiazole rings is 1. The average molecular weight is 400 g/mol. The molecule has 1 aliphatic heterocycles. The third-order valence-corrected chi connectivity index (χ3v) is 7.21. The summed E-state index contributed by atoms with van der Waals surface area (Å²) in [6.45, 7) is 1.49. The minimum Gasteiger partial charge on any atom is -0.370 e. The molecule has 0 aliphatic carbocycles. The quantitative estimate of drug-likeness (QED) is 0.700. The van der Waals surface area contributed by atoms with E-state index >= 15 is 0 Å². The van der Waals surface area contributed by atoms with Crippen molar-refractivity contribution >= 4 is 44.7 Å². The first kappa shape index (κ1) is 18.1. The molecule has 27 heavy (non-hydrogen) atoms. The summed E-state index contributed by atoms with van der Waals surface area (Å²) in [7, 11) is 0. The van der Waals surface area contributed by atoms with Crippen molar-refractivity contribution < 1.29 is 9.59 Å². The molecule has 1 unspecified atom stereocenters. The summed E-state index contributed by atoms with van der Waals surface area (Å²) in [5.41, 5.74) is 6.25. The Labute approximate surface area is 165 Å². The molecule has 2 N–H and O–H groups in total. The van der Waals surface area contributed by atoms with Gasteiger partial charge in [0.05, 0.1) is 20.0 Å². The lowest BCUT2D eigenvalue weighted by Crippen LogP contribution is -2.39. The molecule has 7 heteroatoms. The molecule has 140 valence electrons. The molecule has 3 heterocycles. The van der Waals surface area contributed by atoms with Crippen LogP contribution in [0.5, 0.6) is 0 Å². The second-order valence-electron chi connectivity index (χ2n) is 6.92. The number of benzene rings is 1. The Bertz CT molecular complexity index is 945. The van der Waals surface area contributed by atoms with Crippen molar-refractivity contribution in [1.29, 1.82) is 0 Å². The monoisotopic (exact) mass is 399 g/mol. The number of hydrogen-bond donors (Lipinski definition) is 1. The first-order valence-electron chi connectivity index (χ1n) is 9.13. The highest BCUT2D eigenvalue weighted by Crippen LogP contribution is 2.35. The van der Waals surface area contributed by atoms with Gasteiger partial charge < -0.3 is 10.6 Å². The third kappa shape index (κ3) is 4.04. The number of aromatic nitrogens is 1. The van der Waals surface area contributed by atoms with Gasteiger partial charge in [-0.15, -0.1) is 22.7 Å². The van der Waals surface area contributed by atoms with Gasteiger partial charge in [0.25, 0.3) is 5.91 Å². The van der Waals surface area contributed by atoms with Gasteiger partial charge in [-0.25, -0.2) is 4.98 Å². The summed E-state index contributed by atoms with van der Waals surface area (Å²) in [6.07, 6.45) is 3.19. The van der Waals surface area contributed by atoms with Crippen LogP contribution in [0.15, 0.2) is 36.4 Å². The lowest BCUT2D eigenvalue weighted by atomic mass is 9.93. The maximum Gasteiger partial charge on any atom is 0.263 e. The average Bonchev–Trinajstić information content (AvgIpc) is 3.32. The number of piperidine rings is 1. The molecule has 2 aromatic heterocycles. The van der Waals surface area contributed by atoms with Gasteiger partial charge in [-0.3, -0.25) is 9.59 Å². The molecule has 2 amide bonds. The summed E-state index contributed by atoms with van der Waals surface area (Å²) in [6, 6.07) is 12.0. The molecular formula is C20H21N3O2S2. The van der Waals surface area contributed by atoms with E-state index in [9.17, 15) is 9.59 Å². The summed E-state index contributed by atoms with van der Waals surface area (Å²) in [4.78, 5) is 32.3. The maximum atomic E-state index is 12.9. The molecule has 0 spiro atoms. The predicted molar refractivity (Wildman–Crippen MR) is 110 cm³/mol. The van der Waals surface area contributed by atoms with E-state index in [1.54, 1.807) is 11.3 Å². The van der Waals surface area contributed by atoms with Crippen LogP contribution in [0.1, 0.15) is 35.4 Å². The Balaban J connectivity index is 1.47. The van der Waals surface area contributed by atoms with E-state index < -0.39 is 0 Å². The van der Waals surface area contributed by atoms with E-state index in [1.165, 1.54) is 11.3 Å². The molecule has 1 aliphatic rings. The molecule has 1 fully saturated rings. The second kappa shape index (κ2) is 7.78. The van der Waals surface area contributed by atoms with Gasteiger partial charge in [-0.1, -0.05) is 12.1 Å². The highest BCUT2D eigenvalue weighted by Gasteiger charge is 2.26. The van der Waals surface area contributed by atoms with E-state index in [2.05, 4.69) is 11.1 Å². The van der Waals surface area contributed by atoms with Crippen molar-refractivity contribution in [2.45, 2.75) is 25.7 Å². The normalized spacial score (nSPS) is 17.3. The van der Waals surface area contributed by atoms with Crippen molar-refractivity contribution in [3.05, 3.63) is 41.3 Å². The van der Waals surface area contributed by atoms with Crippen LogP contribution in [0.2, 0.25) is 0 Å². The topological polar surface area (TPSA) is 76.3 Å². The Morgan fingerprint density at radius 2 is 2.04 bits per heavy atom. The number of primary amides is 1. The maximum absolute atomic E-state index is 12.9. The van der Waals surface area contributed by atoms with Crippen LogP contribution < -0.4 is 5.73 Å². The number of para-hydroxylation sites is 1. The number of amides is 2. The first-order chi connectivity index (χ1) is 13.1. The van der Waals surface area contributed by atoms with Crippen LogP contribution in [-0.4, -0.2) is 34.8 Å². The largest absolute Gasteiger partial charge is 0.370 e. The fraction of sp³-hybridized carbons (Fsp3) is 0.350. The highest BCUT2D eigenvalue weighted by molar-refractivity contribution is 7.26. The second-order valence-corrected chi connectivity index (χ2v) is 9.03. The van der Waals surface area contributed by atoms with Crippen molar-refractivity contribution in [3.8, 4) is 9.88 Å². The van der Waals surface area contributed by atoms with E-state index in [1.807, 2.05) is 35.2 Å². The van der Waals surface area contributed by atoms with Crippen molar-refractivity contribution in [3.63, 3.8) is 0 Å². The Kier molecular flexibility index (Phi) is 5.22. The van der Waals surface area contributed by atoms with Gasteiger partial charge in [0.2, 0.25) is 5.91 Å². The molecule has 4 rings (SSSR count). The zero-order valence-corrected chi connectivity index (χ0v) is 16.5. The number of nitrogens with two attached hydrogens (primary N) is 1. The molecule has 1 atom stereocenters. The third-order valence-electron chi connectivity index (χ3n) is 4.93. The number of thiophene rings is 1. The lowest BCUT2D eigenvalue weighted by molar-refractivity contribution is -0.118. The van der Waals surface area contributed by atoms with Crippen LogP contribution in [0.25, 0.3) is 20.1 Å². The van der Waals surface area contributed by atoms with Gasteiger partial charge in [0.15, 0.2) is 0 Å². The summed E-state index contributed by atoms with van der Waals surface area (Å²) >= 11 is 3.16. The molecule has 3 aromatic rings. The summed E-state index contributed by atoms with van der Waals surface area (Å²) in [5, 5.41) is 0.957. The molecule has 1 saturated heterocycles. The smallest absolute Gasteiger partial charge is 0.263 e. The lowest BCUT2D eigenvalue weighted by Gasteiger charge is -2.32. The molecule has 0 radical (unpaired) electrons. The number of nitrogens with zero attached hydrogens (tertiary/aromatic N) is 2. The summed E-state index contributed by atoms with van der Waals surface area (Å²) < 4.78 is 1.15. The fourth-order valence-electron chi connectivity index (χ4n) is 3.53. The first-order valence-corrected chi connectivity index (χ1v) is 10.8. The van der Waals surface area contributed by atoms with Crippen LogP contribution in [-0.2, 0) is 4.79 Å². The Morgan fingerprint density at radius 1 is 1.19 bits per heavy atom. The molecule has 0 saturated carbocycles. The molecular weight excluding hydrogens is 378 g/mol. The van der Waals surface area contributed by atoms with Gasteiger partial charge in [0.1, 0.15) is 5.01 Å². The Morgan fingerprint density at radius 3 is 2.85 bits per heavy atom. The highest BCUT2D eigenvalue weighted by atomic mass is 32.1. The van der Waals surface area contributed by atoms with E-state index in [-0.39, 0.29) is 11.8 Å². The van der Waals surface area contributed by atoms with Crippen molar-refractivity contribution in [2.75, 3.05) is 13.1 Å². The van der Waals surface area contributed by atoms with Crippen LogP contribution >= 0.6 is 22.7 Å². The van der Waals surface area contributed by atoms with Crippen LogP contribution in [0.3, 0.4) is 0 Å². The van der Waals surface area contributed by atoms with Gasteiger partial charge in [0, 0.05) is 19.5 Å². The predicted octanol–water partition coefficient (Wildman–Crippen LogP) is 4.14. The summed E-state index contributed by atoms with van der Waals surface area (Å²) in [5.74, 6) is 0.173. The van der Waals surface area contributed by atoms with Crippen molar-refractivity contribution in [2.24, 2.45) is 11.7 Å². The number of hydrogen-bond acceptors (Lipinski definition) is 5. The molecule has 1 aromatic carbocycles. The van der Waals surface area contributed by atoms with Gasteiger partial charge in [-0.05, 0) is 49.4 Å². The Hall–Kier alpha value is -2.25. The number of likely N-dealkylation sites (tertiary alicyclic amines) is 1. The van der Waals surface area contributed by atoms with E-state index in [0.717, 1.165) is 50.8 Å². The van der Waals surface area contributed by atoms with Crippen LogP contribution in [0, 0.1) is 5.92 Å². The van der Waals surface area contributed by atoms with Gasteiger partial charge >= 0.3 is 0 Å². The minimum absolute atomic E-state index is 0.0798. The molecule has 0 bridgehead atoms. The standard InChI is InChI=1S/C20H21N3O2S2/c21-18(24)10-7-13-4-3-11-23(12-13)20(25)17-9-8-16(26-17)19-22-14-5-1-2-6-15(14)27-19/h1-2,5-6,8-9,13H,3-4,7,10-12H2,(H2,21,24). The fourth-order valence-corrected chi connectivity index (χ4v) is 5.53. The zero-order valence-electron chi connectivity index (χ0n) is 14.9. The minimum atomic E-state index is -0.266. The number of carbonyl (C=O) groups excluding carboxylic acids is 2. The van der Waals surface area contributed by atoms with Crippen LogP contribution in [0.4, 0.5) is 0 Å². The van der Waals surface area contributed by atoms with Crippen molar-refractivity contribution in [1.82, 2.24) is 9.88 Å². The number of carbonyl (C=O) groups is 2. The molecule has 5 nitrogen and oxygen atoms in total. The number of fused-ring (bicyclic) bond motifs is 1. The number of rotatable bonds is 5. The SMILES string of the molecule is NC(=O)CCC1CCCN(C(=O)c2ccc(-c3nc4ccccc4s3)s2)C1.